The second kappa shape index (κ2) is 7.79. The molecule has 0 spiro atoms. The first kappa shape index (κ1) is 17.0. The van der Waals surface area contributed by atoms with Gasteiger partial charge in [0.1, 0.15) is 5.82 Å². The first-order chi connectivity index (χ1) is 11.7. The van der Waals surface area contributed by atoms with E-state index in [1.165, 1.54) is 12.1 Å². The van der Waals surface area contributed by atoms with E-state index in [0.29, 0.717) is 17.5 Å². The monoisotopic (exact) mass is 348 g/mol. The van der Waals surface area contributed by atoms with Crippen LogP contribution in [-0.4, -0.2) is 37.9 Å². The third kappa shape index (κ3) is 4.14. The van der Waals surface area contributed by atoms with Crippen LogP contribution in [0.5, 0.6) is 0 Å². The summed E-state index contributed by atoms with van der Waals surface area (Å²) in [5.74, 6) is 0.585. The molecule has 1 aromatic carbocycles. The topological polar surface area (TPSA) is 59.8 Å². The summed E-state index contributed by atoms with van der Waals surface area (Å²) in [7, 11) is 0. The fourth-order valence-electron chi connectivity index (χ4n) is 3.05. The number of carbonyl (C=O) groups excluding carboxylic acids is 1. The van der Waals surface area contributed by atoms with Crippen LogP contribution in [-0.2, 0) is 6.54 Å². The minimum absolute atomic E-state index is 0.186. The zero-order valence-corrected chi connectivity index (χ0v) is 14.4. The number of thioether (sulfide) groups is 1. The van der Waals surface area contributed by atoms with Crippen molar-refractivity contribution in [3.05, 3.63) is 47.5 Å². The number of amides is 1. The molecule has 2 aromatic rings. The quantitative estimate of drug-likeness (QED) is 0.872. The number of carbonyl (C=O) groups is 1. The molecule has 1 aromatic heterocycles. The fraction of sp³-hybridized carbons (Fsp3) is 0.471. The molecule has 0 bridgehead atoms. The second-order valence-electron chi connectivity index (χ2n) is 5.94. The van der Waals surface area contributed by atoms with Gasteiger partial charge in [-0.15, -0.1) is 5.10 Å². The number of hydrogen-bond acceptors (Lipinski definition) is 4. The summed E-state index contributed by atoms with van der Waals surface area (Å²) in [5, 5.41) is 11.5. The lowest BCUT2D eigenvalue weighted by molar-refractivity contribution is 0.0933. The molecule has 0 unspecified atom stereocenters. The van der Waals surface area contributed by atoms with Gasteiger partial charge in [0.05, 0.1) is 12.7 Å². The van der Waals surface area contributed by atoms with Crippen molar-refractivity contribution in [2.24, 2.45) is 0 Å². The van der Waals surface area contributed by atoms with Gasteiger partial charge in [-0.05, 0) is 36.3 Å². The van der Waals surface area contributed by atoms with Crippen molar-refractivity contribution < 1.29 is 9.18 Å². The van der Waals surface area contributed by atoms with Crippen LogP contribution in [0.3, 0.4) is 0 Å². The Bertz CT molecular complexity index is 705. The van der Waals surface area contributed by atoms with Crippen LogP contribution in [0, 0.1) is 5.82 Å². The number of nitrogens with one attached hydrogen (secondary N) is 1. The maximum Gasteiger partial charge on any atom is 0.273 e. The maximum absolute atomic E-state index is 13.2. The number of halogens is 1. The van der Waals surface area contributed by atoms with Gasteiger partial charge in [0.15, 0.2) is 5.69 Å². The SMILES string of the molecule is CCS[C@H]1CCC[C@H]1NC(=O)c1cn(Cc2cccc(F)c2)nn1. The van der Waals surface area contributed by atoms with Crippen LogP contribution in [0.25, 0.3) is 0 Å². The Balaban J connectivity index is 1.61. The van der Waals surface area contributed by atoms with Gasteiger partial charge >= 0.3 is 0 Å². The van der Waals surface area contributed by atoms with Crippen LogP contribution < -0.4 is 5.32 Å². The minimum Gasteiger partial charge on any atom is -0.347 e. The third-order valence-corrected chi connectivity index (χ3v) is 5.48. The molecule has 3 rings (SSSR count). The Morgan fingerprint density at radius 3 is 3.12 bits per heavy atom. The zero-order chi connectivity index (χ0) is 16.9. The van der Waals surface area contributed by atoms with Crippen LogP contribution in [0.2, 0.25) is 0 Å². The van der Waals surface area contributed by atoms with Crippen molar-refractivity contribution in [1.29, 1.82) is 0 Å². The number of nitrogens with zero attached hydrogens (tertiary/aromatic N) is 3. The summed E-state index contributed by atoms with van der Waals surface area (Å²) in [6.07, 6.45) is 4.92. The minimum atomic E-state index is -0.286. The van der Waals surface area contributed by atoms with Gasteiger partial charge in [-0.1, -0.05) is 30.7 Å². The largest absolute Gasteiger partial charge is 0.347 e. The molecule has 0 radical (unpaired) electrons. The van der Waals surface area contributed by atoms with E-state index in [1.54, 1.807) is 16.9 Å². The van der Waals surface area contributed by atoms with Crippen LogP contribution >= 0.6 is 11.8 Å². The van der Waals surface area contributed by atoms with Crippen LogP contribution in [0.15, 0.2) is 30.5 Å². The Hall–Kier alpha value is -1.89. The highest BCUT2D eigenvalue weighted by atomic mass is 32.2. The van der Waals surface area contributed by atoms with E-state index in [2.05, 4.69) is 22.6 Å². The fourth-order valence-corrected chi connectivity index (χ4v) is 4.25. The predicted octanol–water partition coefficient (Wildman–Crippen LogP) is 2.87. The lowest BCUT2D eigenvalue weighted by Crippen LogP contribution is -2.39. The molecule has 1 aliphatic rings. The Kier molecular flexibility index (Phi) is 5.50. The van der Waals surface area contributed by atoms with E-state index in [1.807, 2.05) is 17.8 Å². The third-order valence-electron chi connectivity index (χ3n) is 4.15. The average molecular weight is 348 g/mol. The molecule has 5 nitrogen and oxygen atoms in total. The van der Waals surface area contributed by atoms with Gasteiger partial charge in [0.25, 0.3) is 5.91 Å². The lowest BCUT2D eigenvalue weighted by atomic mass is 10.2. The molecule has 24 heavy (non-hydrogen) atoms. The molecule has 2 atom stereocenters. The Labute approximate surface area is 145 Å². The van der Waals surface area contributed by atoms with E-state index in [4.69, 9.17) is 0 Å². The molecule has 1 N–H and O–H groups in total. The smallest absolute Gasteiger partial charge is 0.273 e. The van der Waals surface area contributed by atoms with Crippen molar-refractivity contribution in [3.8, 4) is 0 Å². The summed E-state index contributed by atoms with van der Waals surface area (Å²) in [6.45, 7) is 2.52. The first-order valence-corrected chi connectivity index (χ1v) is 9.27. The Morgan fingerprint density at radius 1 is 1.46 bits per heavy atom. The number of benzene rings is 1. The van der Waals surface area contributed by atoms with Gasteiger partial charge in [0.2, 0.25) is 0 Å². The average Bonchev–Trinajstić information content (AvgIpc) is 3.18. The summed E-state index contributed by atoms with van der Waals surface area (Å²) < 4.78 is 14.8. The van der Waals surface area contributed by atoms with Crippen LogP contribution in [0.4, 0.5) is 4.39 Å². The molecule has 128 valence electrons. The second-order valence-corrected chi connectivity index (χ2v) is 7.45. The lowest BCUT2D eigenvalue weighted by Gasteiger charge is -2.19. The molecular formula is C17H21FN4OS. The van der Waals surface area contributed by atoms with E-state index in [9.17, 15) is 9.18 Å². The number of aromatic nitrogens is 3. The molecule has 0 saturated heterocycles. The summed E-state index contributed by atoms with van der Waals surface area (Å²) in [5.41, 5.74) is 1.08. The molecular weight excluding hydrogens is 327 g/mol. The van der Waals surface area contributed by atoms with Gasteiger partial charge in [-0.25, -0.2) is 9.07 Å². The van der Waals surface area contributed by atoms with E-state index < -0.39 is 0 Å². The van der Waals surface area contributed by atoms with Gasteiger partial charge in [0, 0.05) is 11.3 Å². The molecule has 0 aliphatic heterocycles. The first-order valence-electron chi connectivity index (χ1n) is 8.22. The van der Waals surface area contributed by atoms with Crippen LogP contribution in [0.1, 0.15) is 42.2 Å². The van der Waals surface area contributed by atoms with Crippen molar-refractivity contribution in [2.45, 2.75) is 44.0 Å². The predicted molar refractivity (Wildman–Crippen MR) is 92.5 cm³/mol. The number of rotatable bonds is 6. The van der Waals surface area contributed by atoms with Crippen molar-refractivity contribution in [2.75, 3.05) is 5.75 Å². The van der Waals surface area contributed by atoms with E-state index in [0.717, 1.165) is 30.6 Å². The van der Waals surface area contributed by atoms with Crippen molar-refractivity contribution in [1.82, 2.24) is 20.3 Å². The summed E-state index contributed by atoms with van der Waals surface area (Å²) >= 11 is 1.90. The van der Waals surface area contributed by atoms with Gasteiger partial charge < -0.3 is 5.32 Å². The van der Waals surface area contributed by atoms with E-state index >= 15 is 0 Å². The highest BCUT2D eigenvalue weighted by Crippen LogP contribution is 2.29. The highest BCUT2D eigenvalue weighted by molar-refractivity contribution is 7.99. The molecule has 7 heteroatoms. The summed E-state index contributed by atoms with van der Waals surface area (Å²) in [6, 6.07) is 6.52. The van der Waals surface area contributed by atoms with Gasteiger partial charge in [-0.3, -0.25) is 4.79 Å². The van der Waals surface area contributed by atoms with Gasteiger partial charge in [-0.2, -0.15) is 11.8 Å². The number of hydrogen-bond donors (Lipinski definition) is 1. The van der Waals surface area contributed by atoms with Crippen molar-refractivity contribution >= 4 is 17.7 Å². The van der Waals surface area contributed by atoms with Crippen molar-refractivity contribution in [3.63, 3.8) is 0 Å². The standard InChI is InChI=1S/C17H21FN4OS/c1-2-24-16-8-4-7-14(16)19-17(23)15-11-22(21-20-15)10-12-5-3-6-13(18)9-12/h3,5-6,9,11,14,16H,2,4,7-8,10H2,1H3,(H,19,23)/t14-,16+/m1/s1. The molecule has 1 amide bonds. The normalized spacial score (nSPS) is 20.2. The molecule has 1 heterocycles. The molecule has 1 fully saturated rings. The Morgan fingerprint density at radius 2 is 2.33 bits per heavy atom. The zero-order valence-electron chi connectivity index (χ0n) is 13.6. The maximum atomic E-state index is 13.2. The van der Waals surface area contributed by atoms with E-state index in [-0.39, 0.29) is 17.8 Å². The highest BCUT2D eigenvalue weighted by Gasteiger charge is 2.29. The summed E-state index contributed by atoms with van der Waals surface area (Å²) in [4.78, 5) is 12.4. The molecule has 1 saturated carbocycles. The molecule has 1 aliphatic carbocycles.